The summed E-state index contributed by atoms with van der Waals surface area (Å²) in [6, 6.07) is 10.8. The van der Waals surface area contributed by atoms with Crippen molar-refractivity contribution in [2.45, 2.75) is 4.90 Å². The first-order valence-electron chi connectivity index (χ1n) is 6.23. The van der Waals surface area contributed by atoms with Gasteiger partial charge in [0.2, 0.25) is 5.96 Å². The van der Waals surface area contributed by atoms with Gasteiger partial charge in [-0.2, -0.15) is 8.42 Å². The van der Waals surface area contributed by atoms with Crippen LogP contribution < -0.4 is 11.5 Å². The zero-order valence-electron chi connectivity index (χ0n) is 11.6. The van der Waals surface area contributed by atoms with Crippen molar-refractivity contribution in [3.05, 3.63) is 58.1 Å². The summed E-state index contributed by atoms with van der Waals surface area (Å²) >= 11 is 11.9. The van der Waals surface area contributed by atoms with E-state index >= 15 is 0 Å². The molecule has 0 spiro atoms. The third-order valence-electron chi connectivity index (χ3n) is 2.68. The summed E-state index contributed by atoms with van der Waals surface area (Å²) in [7, 11) is -3.90. The standard InChI is InChI=1S/C14H12Cl2N4O2S/c15-10-2-1-9(13(16)7-10)8-19-11-3-5-12(6-4-11)23(21,22)20-14(17)18/h1-8H,(H4,17,18,20). The number of nitrogens with two attached hydrogens (primary N) is 2. The fourth-order valence-corrected chi connectivity index (χ4v) is 2.97. The molecule has 4 N–H and O–H groups in total. The molecule has 2 rings (SSSR count). The zero-order valence-corrected chi connectivity index (χ0v) is 14.0. The summed E-state index contributed by atoms with van der Waals surface area (Å²) in [5.74, 6) is -0.524. The molecule has 0 aliphatic rings. The number of guanidine groups is 1. The second kappa shape index (κ2) is 6.99. The molecule has 23 heavy (non-hydrogen) atoms. The molecule has 0 amide bonds. The number of benzene rings is 2. The summed E-state index contributed by atoms with van der Waals surface area (Å²) in [6.07, 6.45) is 1.55. The highest BCUT2D eigenvalue weighted by atomic mass is 35.5. The highest BCUT2D eigenvalue weighted by Crippen LogP contribution is 2.21. The Morgan fingerprint density at radius 1 is 1.04 bits per heavy atom. The lowest BCUT2D eigenvalue weighted by Crippen LogP contribution is -2.24. The molecule has 0 saturated carbocycles. The van der Waals surface area contributed by atoms with Gasteiger partial charge in [0.25, 0.3) is 10.0 Å². The quantitative estimate of drug-likeness (QED) is 0.636. The molecule has 0 aliphatic heterocycles. The van der Waals surface area contributed by atoms with E-state index in [1.165, 1.54) is 24.3 Å². The Bertz CT molecular complexity index is 874. The molecule has 0 aliphatic carbocycles. The topological polar surface area (TPSA) is 111 Å². The van der Waals surface area contributed by atoms with E-state index < -0.39 is 16.0 Å². The van der Waals surface area contributed by atoms with Crippen LogP contribution in [0, 0.1) is 0 Å². The fraction of sp³-hybridized carbons (Fsp3) is 0. The third-order valence-corrected chi connectivity index (χ3v) is 4.56. The number of nitrogens with zero attached hydrogens (tertiary/aromatic N) is 2. The second-order valence-electron chi connectivity index (χ2n) is 4.41. The lowest BCUT2D eigenvalue weighted by atomic mass is 10.2. The Morgan fingerprint density at radius 2 is 1.70 bits per heavy atom. The number of aliphatic imine (C=N–C) groups is 1. The monoisotopic (exact) mass is 370 g/mol. The van der Waals surface area contributed by atoms with E-state index in [0.29, 0.717) is 21.3 Å². The van der Waals surface area contributed by atoms with Crippen LogP contribution in [0.2, 0.25) is 10.0 Å². The molecule has 2 aromatic carbocycles. The maximum absolute atomic E-state index is 11.8. The van der Waals surface area contributed by atoms with E-state index in [1.807, 2.05) is 0 Å². The Labute approximate surface area is 143 Å². The number of sulfonamides is 1. The third kappa shape index (κ3) is 4.69. The molecule has 0 saturated heterocycles. The van der Waals surface area contributed by atoms with E-state index in [1.54, 1.807) is 24.4 Å². The van der Waals surface area contributed by atoms with Crippen LogP contribution in [-0.2, 0) is 10.0 Å². The smallest absolute Gasteiger partial charge is 0.285 e. The number of rotatable bonds is 4. The molecule has 0 aromatic heterocycles. The molecule has 6 nitrogen and oxygen atoms in total. The predicted molar refractivity (Wildman–Crippen MR) is 93.2 cm³/mol. The van der Waals surface area contributed by atoms with Crippen LogP contribution in [0.5, 0.6) is 0 Å². The van der Waals surface area contributed by atoms with Crippen molar-refractivity contribution in [2.24, 2.45) is 20.9 Å². The van der Waals surface area contributed by atoms with Crippen molar-refractivity contribution >= 4 is 51.1 Å². The summed E-state index contributed by atoms with van der Waals surface area (Å²) in [4.78, 5) is 4.19. The highest BCUT2D eigenvalue weighted by Gasteiger charge is 2.12. The number of hydrogen-bond acceptors (Lipinski definition) is 3. The van der Waals surface area contributed by atoms with Gasteiger partial charge in [0.05, 0.1) is 15.6 Å². The van der Waals surface area contributed by atoms with Crippen LogP contribution in [0.3, 0.4) is 0 Å². The maximum atomic E-state index is 11.8. The Kier molecular flexibility index (Phi) is 5.25. The fourth-order valence-electron chi connectivity index (χ4n) is 1.65. The summed E-state index contributed by atoms with van der Waals surface area (Å²) in [5.41, 5.74) is 11.4. The van der Waals surface area contributed by atoms with Gasteiger partial charge >= 0.3 is 0 Å². The van der Waals surface area contributed by atoms with Crippen molar-refractivity contribution in [1.29, 1.82) is 0 Å². The normalized spacial score (nSPS) is 11.6. The van der Waals surface area contributed by atoms with Crippen LogP contribution >= 0.6 is 23.2 Å². The first-order valence-corrected chi connectivity index (χ1v) is 8.42. The van der Waals surface area contributed by atoms with Crippen molar-refractivity contribution < 1.29 is 8.42 Å². The molecule has 0 radical (unpaired) electrons. The highest BCUT2D eigenvalue weighted by molar-refractivity contribution is 7.90. The molecular formula is C14H12Cl2N4O2S. The van der Waals surface area contributed by atoms with Crippen molar-refractivity contribution in [1.82, 2.24) is 0 Å². The van der Waals surface area contributed by atoms with Crippen molar-refractivity contribution in [3.8, 4) is 0 Å². The average Bonchev–Trinajstić information content (AvgIpc) is 2.45. The Hall–Kier alpha value is -2.09. The minimum atomic E-state index is -3.90. The van der Waals surface area contributed by atoms with Crippen LogP contribution in [0.4, 0.5) is 5.69 Å². The van der Waals surface area contributed by atoms with Gasteiger partial charge in [-0.3, -0.25) is 4.99 Å². The van der Waals surface area contributed by atoms with Gasteiger partial charge < -0.3 is 11.5 Å². The molecule has 2 aromatic rings. The van der Waals surface area contributed by atoms with Crippen LogP contribution in [-0.4, -0.2) is 20.6 Å². The van der Waals surface area contributed by atoms with E-state index in [0.717, 1.165) is 0 Å². The van der Waals surface area contributed by atoms with Crippen molar-refractivity contribution in [2.75, 3.05) is 0 Å². The van der Waals surface area contributed by atoms with Gasteiger partial charge in [0, 0.05) is 16.8 Å². The SMILES string of the molecule is NC(N)=NS(=O)(=O)c1ccc(N=Cc2ccc(Cl)cc2Cl)cc1. The number of hydrogen-bond donors (Lipinski definition) is 2. The molecule has 0 unspecified atom stereocenters. The Morgan fingerprint density at radius 3 is 2.26 bits per heavy atom. The molecule has 120 valence electrons. The van der Waals surface area contributed by atoms with Crippen LogP contribution in [0.1, 0.15) is 5.56 Å². The van der Waals surface area contributed by atoms with Gasteiger partial charge in [-0.15, -0.1) is 4.40 Å². The van der Waals surface area contributed by atoms with Gasteiger partial charge in [-0.05, 0) is 36.4 Å². The average molecular weight is 371 g/mol. The van der Waals surface area contributed by atoms with E-state index in [-0.39, 0.29) is 4.90 Å². The van der Waals surface area contributed by atoms with E-state index in [9.17, 15) is 8.42 Å². The first-order chi connectivity index (χ1) is 10.8. The summed E-state index contributed by atoms with van der Waals surface area (Å²) in [6.45, 7) is 0. The van der Waals surface area contributed by atoms with Gasteiger partial charge in [0.15, 0.2) is 0 Å². The molecule has 9 heteroatoms. The largest absolute Gasteiger partial charge is 0.369 e. The lowest BCUT2D eigenvalue weighted by molar-refractivity contribution is 0.598. The lowest BCUT2D eigenvalue weighted by Gasteiger charge is -2.01. The second-order valence-corrected chi connectivity index (χ2v) is 6.86. The van der Waals surface area contributed by atoms with E-state index in [2.05, 4.69) is 9.39 Å². The minimum absolute atomic E-state index is 0.0330. The van der Waals surface area contributed by atoms with Gasteiger partial charge in [-0.25, -0.2) is 0 Å². The Balaban J connectivity index is 2.23. The number of halogens is 2. The van der Waals surface area contributed by atoms with E-state index in [4.69, 9.17) is 34.7 Å². The van der Waals surface area contributed by atoms with Gasteiger partial charge in [-0.1, -0.05) is 29.3 Å². The van der Waals surface area contributed by atoms with Gasteiger partial charge in [0.1, 0.15) is 0 Å². The first kappa shape index (κ1) is 17.3. The molecular weight excluding hydrogens is 359 g/mol. The van der Waals surface area contributed by atoms with Crippen molar-refractivity contribution in [3.63, 3.8) is 0 Å². The molecule has 0 fully saturated rings. The zero-order chi connectivity index (χ0) is 17.0. The summed E-state index contributed by atoms with van der Waals surface area (Å²) < 4.78 is 26.8. The molecule has 0 atom stereocenters. The summed E-state index contributed by atoms with van der Waals surface area (Å²) in [5, 5.41) is 0.995. The van der Waals surface area contributed by atoms with Crippen LogP contribution in [0.15, 0.2) is 56.8 Å². The molecule has 0 heterocycles. The minimum Gasteiger partial charge on any atom is -0.369 e. The predicted octanol–water partition coefficient (Wildman–Crippen LogP) is 2.71. The molecule has 0 bridgehead atoms. The van der Waals surface area contributed by atoms with Crippen LogP contribution in [0.25, 0.3) is 0 Å². The maximum Gasteiger partial charge on any atom is 0.285 e.